The number of benzene rings is 1. The van der Waals surface area contributed by atoms with E-state index in [2.05, 4.69) is 53.7 Å². The molecule has 0 saturated heterocycles. The first kappa shape index (κ1) is 22.0. The van der Waals surface area contributed by atoms with Crippen LogP contribution in [0.5, 0.6) is 0 Å². The van der Waals surface area contributed by atoms with Crippen molar-refractivity contribution in [2.24, 2.45) is 0 Å². The highest BCUT2D eigenvalue weighted by Crippen LogP contribution is 2.36. The lowest BCUT2D eigenvalue weighted by Gasteiger charge is -2.22. The number of nitrogens with one attached hydrogen (secondary N) is 3. The fourth-order valence-electron chi connectivity index (χ4n) is 3.26. The lowest BCUT2D eigenvalue weighted by Crippen LogP contribution is -2.32. The Balaban J connectivity index is 1.75. The highest BCUT2D eigenvalue weighted by Gasteiger charge is 2.20. The summed E-state index contributed by atoms with van der Waals surface area (Å²) in [5.41, 5.74) is 2.88. The van der Waals surface area contributed by atoms with Crippen LogP contribution in [0.15, 0.2) is 30.5 Å². The monoisotopic (exact) mass is 452 g/mol. The van der Waals surface area contributed by atoms with Crippen molar-refractivity contribution in [3.05, 3.63) is 35.5 Å². The standard InChI is InChI=1S/C23H28N6O2S/c1-22(2,3)28-20-18-19(32-17(27-18)12-24-21(30)31-23(4,5)6)14-8-7-13(11-16(14)26-20)15-9-10-25-29-15/h7-11H,12H2,1-6H3,(H,24,30)(H,25,29)(H,26,28). The molecule has 3 aromatic heterocycles. The fourth-order valence-corrected chi connectivity index (χ4v) is 4.30. The van der Waals surface area contributed by atoms with Crippen LogP contribution < -0.4 is 10.6 Å². The molecule has 3 heterocycles. The van der Waals surface area contributed by atoms with Gasteiger partial charge < -0.3 is 15.4 Å². The highest BCUT2D eigenvalue weighted by atomic mass is 32.1. The number of amides is 1. The Bertz CT molecular complexity index is 1270. The Morgan fingerprint density at radius 1 is 1.12 bits per heavy atom. The Morgan fingerprint density at radius 2 is 1.91 bits per heavy atom. The molecule has 0 atom stereocenters. The first-order valence-electron chi connectivity index (χ1n) is 10.5. The highest BCUT2D eigenvalue weighted by molar-refractivity contribution is 7.19. The van der Waals surface area contributed by atoms with Crippen LogP contribution in [-0.2, 0) is 11.3 Å². The van der Waals surface area contributed by atoms with Crippen LogP contribution in [0.4, 0.5) is 10.6 Å². The van der Waals surface area contributed by atoms with Crippen molar-refractivity contribution in [1.29, 1.82) is 0 Å². The van der Waals surface area contributed by atoms with Gasteiger partial charge in [-0.25, -0.2) is 14.8 Å². The molecule has 168 valence electrons. The molecule has 3 N–H and O–H groups in total. The van der Waals surface area contributed by atoms with Crippen molar-refractivity contribution in [2.75, 3.05) is 5.32 Å². The summed E-state index contributed by atoms with van der Waals surface area (Å²) in [5.74, 6) is 0.724. The molecular weight excluding hydrogens is 424 g/mol. The molecular formula is C23H28N6O2S. The first-order chi connectivity index (χ1) is 15.0. The molecule has 1 aromatic carbocycles. The minimum atomic E-state index is -0.548. The summed E-state index contributed by atoms with van der Waals surface area (Å²) in [6.07, 6.45) is 1.27. The lowest BCUT2D eigenvalue weighted by atomic mass is 10.1. The van der Waals surface area contributed by atoms with E-state index in [4.69, 9.17) is 14.7 Å². The zero-order valence-electron chi connectivity index (χ0n) is 19.2. The van der Waals surface area contributed by atoms with Crippen LogP contribution in [-0.4, -0.2) is 37.4 Å². The predicted molar refractivity (Wildman–Crippen MR) is 129 cm³/mol. The van der Waals surface area contributed by atoms with E-state index >= 15 is 0 Å². The molecule has 0 aliphatic rings. The number of thiazole rings is 1. The maximum atomic E-state index is 12.1. The second-order valence-electron chi connectivity index (χ2n) is 9.68. The Labute approximate surface area is 190 Å². The summed E-state index contributed by atoms with van der Waals surface area (Å²) in [6.45, 7) is 12.1. The SMILES string of the molecule is CC(C)(C)Nc1nc2cc(-c3ccn[nH]3)ccc2c2sc(CNC(=O)OC(C)(C)C)nc12. The van der Waals surface area contributed by atoms with Crippen molar-refractivity contribution in [1.82, 2.24) is 25.5 Å². The average molecular weight is 453 g/mol. The van der Waals surface area contributed by atoms with Crippen LogP contribution in [0, 0.1) is 0 Å². The molecule has 4 aromatic rings. The summed E-state index contributed by atoms with van der Waals surface area (Å²) in [5, 5.41) is 15.1. The summed E-state index contributed by atoms with van der Waals surface area (Å²) in [4.78, 5) is 21.8. The predicted octanol–water partition coefficient (Wildman–Crippen LogP) is 5.47. The Hall–Kier alpha value is -3.20. The van der Waals surface area contributed by atoms with Gasteiger partial charge in [0.15, 0.2) is 5.82 Å². The second-order valence-corrected chi connectivity index (χ2v) is 10.8. The molecule has 0 radical (unpaired) electrons. The van der Waals surface area contributed by atoms with Gasteiger partial charge in [0.25, 0.3) is 0 Å². The maximum absolute atomic E-state index is 12.1. The van der Waals surface area contributed by atoms with Crippen LogP contribution in [0.2, 0.25) is 0 Å². The van der Waals surface area contributed by atoms with Crippen LogP contribution in [0.1, 0.15) is 46.6 Å². The molecule has 0 bridgehead atoms. The number of fused-ring (bicyclic) bond motifs is 3. The summed E-state index contributed by atoms with van der Waals surface area (Å²) in [6, 6.07) is 8.09. The molecule has 1 amide bonds. The molecule has 32 heavy (non-hydrogen) atoms. The minimum Gasteiger partial charge on any atom is -0.444 e. The third kappa shape index (κ3) is 4.99. The van der Waals surface area contributed by atoms with Gasteiger partial charge in [-0.05, 0) is 53.7 Å². The first-order valence-corrected chi connectivity index (χ1v) is 11.3. The van der Waals surface area contributed by atoms with Gasteiger partial charge in [0.05, 0.1) is 22.5 Å². The zero-order valence-corrected chi connectivity index (χ0v) is 20.0. The number of ether oxygens (including phenoxy) is 1. The normalized spacial score (nSPS) is 12.3. The van der Waals surface area contributed by atoms with Crippen molar-refractivity contribution in [2.45, 2.75) is 59.2 Å². The van der Waals surface area contributed by atoms with E-state index in [0.29, 0.717) is 0 Å². The van der Waals surface area contributed by atoms with E-state index in [-0.39, 0.29) is 12.1 Å². The molecule has 0 unspecified atom stereocenters. The molecule has 0 spiro atoms. The van der Waals surface area contributed by atoms with Gasteiger partial charge in [0.2, 0.25) is 0 Å². The van der Waals surface area contributed by atoms with Crippen LogP contribution in [0.25, 0.3) is 32.4 Å². The van der Waals surface area contributed by atoms with E-state index in [1.807, 2.05) is 32.9 Å². The average Bonchev–Trinajstić information content (AvgIpc) is 3.34. The van der Waals surface area contributed by atoms with Gasteiger partial charge in [0.1, 0.15) is 16.1 Å². The number of H-pyrrole nitrogens is 1. The number of rotatable bonds is 4. The molecule has 0 saturated carbocycles. The number of carbonyl (C=O) groups excluding carboxylic acids is 1. The number of hydrogen-bond donors (Lipinski definition) is 3. The number of anilines is 1. The summed E-state index contributed by atoms with van der Waals surface area (Å²) >= 11 is 1.55. The molecule has 0 aliphatic heterocycles. The zero-order chi connectivity index (χ0) is 23.1. The van der Waals surface area contributed by atoms with Gasteiger partial charge in [-0.1, -0.05) is 12.1 Å². The molecule has 0 fully saturated rings. The minimum absolute atomic E-state index is 0.187. The number of carbonyl (C=O) groups is 1. The van der Waals surface area contributed by atoms with Gasteiger partial charge in [-0.15, -0.1) is 11.3 Å². The van der Waals surface area contributed by atoms with E-state index in [1.54, 1.807) is 17.5 Å². The van der Waals surface area contributed by atoms with E-state index < -0.39 is 11.7 Å². The van der Waals surface area contributed by atoms with E-state index in [1.165, 1.54) is 0 Å². The lowest BCUT2D eigenvalue weighted by molar-refractivity contribution is 0.0523. The van der Waals surface area contributed by atoms with E-state index in [9.17, 15) is 4.79 Å². The number of hydrogen-bond acceptors (Lipinski definition) is 7. The molecule has 0 aliphatic carbocycles. The third-order valence-corrected chi connectivity index (χ3v) is 5.55. The maximum Gasteiger partial charge on any atom is 0.408 e. The second kappa shape index (κ2) is 8.05. The number of nitrogens with zero attached hydrogens (tertiary/aromatic N) is 3. The van der Waals surface area contributed by atoms with Gasteiger partial charge in [-0.2, -0.15) is 5.10 Å². The topological polar surface area (TPSA) is 105 Å². The summed E-state index contributed by atoms with van der Waals surface area (Å²) in [7, 11) is 0. The fraction of sp³-hybridized carbons (Fsp3) is 0.391. The molecule has 9 heteroatoms. The Morgan fingerprint density at radius 3 is 2.56 bits per heavy atom. The third-order valence-electron chi connectivity index (χ3n) is 4.46. The largest absolute Gasteiger partial charge is 0.444 e. The van der Waals surface area contributed by atoms with Gasteiger partial charge in [-0.3, -0.25) is 5.10 Å². The quantitative estimate of drug-likeness (QED) is 0.379. The van der Waals surface area contributed by atoms with Crippen LogP contribution >= 0.6 is 11.3 Å². The van der Waals surface area contributed by atoms with Crippen molar-refractivity contribution < 1.29 is 9.53 Å². The van der Waals surface area contributed by atoms with Gasteiger partial charge in [0, 0.05) is 22.7 Å². The molecule has 8 nitrogen and oxygen atoms in total. The van der Waals surface area contributed by atoms with Crippen molar-refractivity contribution >= 4 is 44.4 Å². The molecule has 4 rings (SSSR count). The number of pyridine rings is 1. The number of aromatic amines is 1. The number of alkyl carbamates (subject to hydrolysis) is 1. The Kier molecular flexibility index (Phi) is 5.54. The van der Waals surface area contributed by atoms with Crippen molar-refractivity contribution in [3.63, 3.8) is 0 Å². The van der Waals surface area contributed by atoms with Gasteiger partial charge >= 0.3 is 6.09 Å². The van der Waals surface area contributed by atoms with Crippen LogP contribution in [0.3, 0.4) is 0 Å². The van der Waals surface area contributed by atoms with E-state index in [0.717, 1.165) is 43.2 Å². The van der Waals surface area contributed by atoms with Crippen molar-refractivity contribution in [3.8, 4) is 11.3 Å². The number of aromatic nitrogens is 4. The smallest absolute Gasteiger partial charge is 0.408 e. The summed E-state index contributed by atoms with van der Waals surface area (Å²) < 4.78 is 6.36.